The molecule has 3 rings (SSSR count). The molecular weight excluding hydrogens is 278 g/mol. The Morgan fingerprint density at radius 2 is 2.35 bits per heavy atom. The van der Waals surface area contributed by atoms with Crippen LogP contribution in [0.3, 0.4) is 0 Å². The van der Waals surface area contributed by atoms with Gasteiger partial charge in [-0.15, -0.1) is 11.3 Å². The van der Waals surface area contributed by atoms with Gasteiger partial charge in [-0.05, 0) is 13.3 Å². The van der Waals surface area contributed by atoms with Gasteiger partial charge >= 0.3 is 5.97 Å². The number of amides is 1. The second-order valence-electron chi connectivity index (χ2n) is 5.41. The fourth-order valence-corrected chi connectivity index (χ4v) is 3.37. The first kappa shape index (κ1) is 13.1. The van der Waals surface area contributed by atoms with Gasteiger partial charge in [-0.1, -0.05) is 0 Å². The molecule has 2 aromatic heterocycles. The van der Waals surface area contributed by atoms with E-state index in [0.29, 0.717) is 19.5 Å². The largest absolute Gasteiger partial charge is 0.481 e. The molecule has 3 heterocycles. The molecule has 7 heteroatoms. The van der Waals surface area contributed by atoms with E-state index in [4.69, 9.17) is 0 Å². The van der Waals surface area contributed by atoms with Crippen molar-refractivity contribution in [3.8, 4) is 0 Å². The van der Waals surface area contributed by atoms with Crippen LogP contribution in [0.4, 0.5) is 0 Å². The van der Waals surface area contributed by atoms with Crippen molar-refractivity contribution in [1.29, 1.82) is 0 Å². The Bertz CT molecular complexity index is 677. The molecule has 1 N–H and O–H groups in total. The van der Waals surface area contributed by atoms with Gasteiger partial charge < -0.3 is 10.0 Å². The standard InChI is InChI=1S/C13H15N3O3S/c1-13(11(18)19)2-4-15(8-13)10(17)6-9-7-20-12-14-3-5-16(9)12/h3,5,7H,2,4,6,8H2,1H3,(H,18,19). The minimum atomic E-state index is -0.833. The van der Waals surface area contributed by atoms with Gasteiger partial charge in [0.15, 0.2) is 4.96 Å². The highest BCUT2D eigenvalue weighted by Crippen LogP contribution is 2.30. The third-order valence-corrected chi connectivity index (χ3v) is 4.79. The molecule has 106 valence electrons. The normalized spacial score (nSPS) is 22.6. The zero-order valence-electron chi connectivity index (χ0n) is 11.1. The second-order valence-corrected chi connectivity index (χ2v) is 6.25. The van der Waals surface area contributed by atoms with Gasteiger partial charge in [0.2, 0.25) is 5.91 Å². The molecule has 20 heavy (non-hydrogen) atoms. The Kier molecular flexibility index (Phi) is 3.01. The summed E-state index contributed by atoms with van der Waals surface area (Å²) in [5.41, 5.74) is 0.0886. The summed E-state index contributed by atoms with van der Waals surface area (Å²) >= 11 is 1.50. The van der Waals surface area contributed by atoms with E-state index in [1.165, 1.54) is 11.3 Å². The Morgan fingerprint density at radius 3 is 3.05 bits per heavy atom. The van der Waals surface area contributed by atoms with Crippen molar-refractivity contribution < 1.29 is 14.7 Å². The molecule has 1 aliphatic heterocycles. The third-order valence-electron chi connectivity index (χ3n) is 3.89. The lowest BCUT2D eigenvalue weighted by molar-refractivity contribution is -0.147. The summed E-state index contributed by atoms with van der Waals surface area (Å²) in [5, 5.41) is 11.1. The van der Waals surface area contributed by atoms with Gasteiger partial charge in [0, 0.05) is 36.6 Å². The van der Waals surface area contributed by atoms with Crippen molar-refractivity contribution >= 4 is 28.2 Å². The molecule has 0 radical (unpaired) electrons. The maximum atomic E-state index is 12.3. The number of rotatable bonds is 3. The highest BCUT2D eigenvalue weighted by molar-refractivity contribution is 7.15. The summed E-state index contributed by atoms with van der Waals surface area (Å²) in [7, 11) is 0. The van der Waals surface area contributed by atoms with Crippen molar-refractivity contribution in [2.24, 2.45) is 5.41 Å². The number of carboxylic acids is 1. The number of nitrogens with zero attached hydrogens (tertiary/aromatic N) is 3. The molecule has 6 nitrogen and oxygen atoms in total. The minimum absolute atomic E-state index is 0.0247. The van der Waals surface area contributed by atoms with Gasteiger partial charge in [0.1, 0.15) is 0 Å². The quantitative estimate of drug-likeness (QED) is 0.924. The predicted molar refractivity (Wildman–Crippen MR) is 73.7 cm³/mol. The van der Waals surface area contributed by atoms with Crippen molar-refractivity contribution in [3.05, 3.63) is 23.5 Å². The maximum Gasteiger partial charge on any atom is 0.311 e. The zero-order valence-corrected chi connectivity index (χ0v) is 11.9. The van der Waals surface area contributed by atoms with E-state index in [0.717, 1.165) is 10.7 Å². The maximum absolute atomic E-state index is 12.3. The van der Waals surface area contributed by atoms with Crippen LogP contribution in [0, 0.1) is 5.41 Å². The highest BCUT2D eigenvalue weighted by atomic mass is 32.1. The number of thiazole rings is 1. The van der Waals surface area contributed by atoms with Crippen molar-refractivity contribution in [3.63, 3.8) is 0 Å². The fourth-order valence-electron chi connectivity index (χ4n) is 2.52. The first-order chi connectivity index (χ1) is 9.49. The van der Waals surface area contributed by atoms with E-state index in [2.05, 4.69) is 4.98 Å². The topological polar surface area (TPSA) is 74.9 Å². The molecule has 0 saturated carbocycles. The first-order valence-electron chi connectivity index (χ1n) is 6.40. The monoisotopic (exact) mass is 293 g/mol. The average Bonchev–Trinajstić information content (AvgIpc) is 3.06. The number of hydrogen-bond acceptors (Lipinski definition) is 4. The number of likely N-dealkylation sites (tertiary alicyclic amines) is 1. The van der Waals surface area contributed by atoms with E-state index in [1.807, 2.05) is 16.0 Å². The number of fused-ring (bicyclic) bond motifs is 1. The van der Waals surface area contributed by atoms with Crippen LogP contribution in [0.2, 0.25) is 0 Å². The molecule has 1 fully saturated rings. The smallest absolute Gasteiger partial charge is 0.311 e. The van der Waals surface area contributed by atoms with Crippen LogP contribution in [0.25, 0.3) is 4.96 Å². The molecule has 1 unspecified atom stereocenters. The molecule has 0 spiro atoms. The Hall–Kier alpha value is -1.89. The molecular formula is C13H15N3O3S. The van der Waals surface area contributed by atoms with E-state index in [-0.39, 0.29) is 12.3 Å². The molecule has 1 aliphatic rings. The Labute approximate surface area is 119 Å². The third kappa shape index (κ3) is 2.07. The van der Waals surface area contributed by atoms with Crippen LogP contribution < -0.4 is 0 Å². The van der Waals surface area contributed by atoms with Crippen LogP contribution in [0.5, 0.6) is 0 Å². The number of aromatic nitrogens is 2. The molecule has 1 amide bonds. The van der Waals surface area contributed by atoms with Crippen LogP contribution in [-0.2, 0) is 16.0 Å². The molecule has 0 aliphatic carbocycles. The van der Waals surface area contributed by atoms with Crippen LogP contribution >= 0.6 is 11.3 Å². The summed E-state index contributed by atoms with van der Waals surface area (Å²) in [5.74, 6) is -0.858. The molecule has 0 bridgehead atoms. The summed E-state index contributed by atoms with van der Waals surface area (Å²) in [6, 6.07) is 0. The highest BCUT2D eigenvalue weighted by Gasteiger charge is 2.42. The van der Waals surface area contributed by atoms with E-state index >= 15 is 0 Å². The SMILES string of the molecule is CC1(C(=O)O)CCN(C(=O)Cc2csc3nccn23)C1. The average molecular weight is 293 g/mol. The number of hydrogen-bond donors (Lipinski definition) is 1. The fraction of sp³-hybridized carbons (Fsp3) is 0.462. The van der Waals surface area contributed by atoms with Gasteiger partial charge in [0.05, 0.1) is 11.8 Å². The van der Waals surface area contributed by atoms with Crippen molar-refractivity contribution in [1.82, 2.24) is 14.3 Å². The molecule has 0 aromatic carbocycles. The predicted octanol–water partition coefficient (Wildman–Crippen LogP) is 1.26. The minimum Gasteiger partial charge on any atom is -0.481 e. The van der Waals surface area contributed by atoms with Gasteiger partial charge in [-0.3, -0.25) is 14.0 Å². The van der Waals surface area contributed by atoms with Gasteiger partial charge in [0.25, 0.3) is 0 Å². The van der Waals surface area contributed by atoms with Gasteiger partial charge in [-0.2, -0.15) is 0 Å². The summed E-state index contributed by atoms with van der Waals surface area (Å²) < 4.78 is 1.90. The summed E-state index contributed by atoms with van der Waals surface area (Å²) in [6.45, 7) is 2.50. The van der Waals surface area contributed by atoms with Crippen molar-refractivity contribution in [2.45, 2.75) is 19.8 Å². The van der Waals surface area contributed by atoms with Crippen LogP contribution in [-0.4, -0.2) is 44.4 Å². The first-order valence-corrected chi connectivity index (χ1v) is 7.28. The Balaban J connectivity index is 1.72. The van der Waals surface area contributed by atoms with Gasteiger partial charge in [-0.25, -0.2) is 4.98 Å². The van der Waals surface area contributed by atoms with E-state index in [1.54, 1.807) is 18.0 Å². The lowest BCUT2D eigenvalue weighted by atomic mass is 9.90. The number of carbonyl (C=O) groups excluding carboxylic acids is 1. The number of carbonyl (C=O) groups is 2. The summed E-state index contributed by atoms with van der Waals surface area (Å²) in [6.07, 6.45) is 4.33. The molecule has 1 saturated heterocycles. The number of carboxylic acid groups (broad SMARTS) is 1. The lowest BCUT2D eigenvalue weighted by Gasteiger charge is -2.20. The lowest BCUT2D eigenvalue weighted by Crippen LogP contribution is -2.35. The molecule has 2 aromatic rings. The van der Waals surface area contributed by atoms with E-state index < -0.39 is 11.4 Å². The number of aliphatic carboxylic acids is 1. The summed E-state index contributed by atoms with van der Waals surface area (Å²) in [4.78, 5) is 30.2. The van der Waals surface area contributed by atoms with Crippen molar-refractivity contribution in [2.75, 3.05) is 13.1 Å². The van der Waals surface area contributed by atoms with Crippen LogP contribution in [0.15, 0.2) is 17.8 Å². The second kappa shape index (κ2) is 4.59. The molecule has 1 atom stereocenters. The number of imidazole rings is 1. The van der Waals surface area contributed by atoms with E-state index in [9.17, 15) is 14.7 Å². The zero-order chi connectivity index (χ0) is 14.3. The Morgan fingerprint density at radius 1 is 1.55 bits per heavy atom. The van der Waals surface area contributed by atoms with Crippen LogP contribution in [0.1, 0.15) is 19.0 Å².